The lowest BCUT2D eigenvalue weighted by atomic mass is 9.98. The highest BCUT2D eigenvalue weighted by molar-refractivity contribution is 6.00. The van der Waals surface area contributed by atoms with E-state index >= 15 is 0 Å². The standard InChI is InChI=1S/C24H20F3N3O5.C7H12FN/c1-12-19-18(21(29-23(28-19)33-2)30-6-7-34-11-24(26,27)10-30)22(32)35-20(12)15-9-14(31)8-13-4-3-5-16(25)17(13)15;8-6-4-7-2-1-3-9(7)5-6/h3-5,8-9,31H,6-7,10-11H2,1-2H3;6-7H,1-5H2. The molecule has 0 saturated carbocycles. The maximum Gasteiger partial charge on any atom is 0.349 e. The van der Waals surface area contributed by atoms with Crippen LogP contribution in [0, 0.1) is 12.7 Å². The second-order valence-corrected chi connectivity index (χ2v) is 11.4. The van der Waals surface area contributed by atoms with Crippen LogP contribution in [0.3, 0.4) is 0 Å². The number of methoxy groups -OCH3 is 1. The summed E-state index contributed by atoms with van der Waals surface area (Å²) in [5.74, 6) is -4.01. The fourth-order valence-electron chi connectivity index (χ4n) is 6.35. The maximum absolute atomic E-state index is 14.8. The zero-order valence-corrected chi connectivity index (χ0v) is 24.3. The van der Waals surface area contributed by atoms with Crippen molar-refractivity contribution in [3.05, 3.63) is 52.1 Å². The molecule has 1 N–H and O–H groups in total. The molecule has 13 heteroatoms. The van der Waals surface area contributed by atoms with Crippen LogP contribution in [-0.4, -0.2) is 84.6 Å². The second kappa shape index (κ2) is 11.8. The number of fused-ring (bicyclic) bond motifs is 3. The van der Waals surface area contributed by atoms with Crippen molar-refractivity contribution >= 4 is 27.5 Å². The minimum absolute atomic E-state index is 0.000356. The molecule has 2 unspecified atom stereocenters. The van der Waals surface area contributed by atoms with Crippen LogP contribution in [-0.2, 0) is 4.74 Å². The summed E-state index contributed by atoms with van der Waals surface area (Å²) in [7, 11) is 1.31. The van der Waals surface area contributed by atoms with Gasteiger partial charge < -0.3 is 23.9 Å². The van der Waals surface area contributed by atoms with Gasteiger partial charge in [-0.1, -0.05) is 12.1 Å². The van der Waals surface area contributed by atoms with Gasteiger partial charge in [0.15, 0.2) is 5.82 Å². The Hall–Kier alpha value is -3.97. The minimum atomic E-state index is -3.17. The first kappa shape index (κ1) is 30.1. The topological polar surface area (TPSA) is 101 Å². The zero-order chi connectivity index (χ0) is 31.2. The van der Waals surface area contributed by atoms with Gasteiger partial charge in [0.05, 0.1) is 25.8 Å². The van der Waals surface area contributed by atoms with Gasteiger partial charge >= 0.3 is 11.6 Å². The number of aromatic nitrogens is 2. The third-order valence-electron chi connectivity index (χ3n) is 8.30. The van der Waals surface area contributed by atoms with Crippen molar-refractivity contribution in [2.24, 2.45) is 0 Å². The Labute approximate surface area is 250 Å². The highest BCUT2D eigenvalue weighted by atomic mass is 19.3. The molecule has 44 heavy (non-hydrogen) atoms. The number of phenols is 1. The smallest absolute Gasteiger partial charge is 0.349 e. The first-order chi connectivity index (χ1) is 21.0. The number of hydrogen-bond donors (Lipinski definition) is 1. The molecule has 2 atom stereocenters. The molecular weight excluding hydrogens is 584 g/mol. The molecular formula is C31H32F4N4O5. The molecule has 3 saturated heterocycles. The number of alkyl halides is 3. The lowest BCUT2D eigenvalue weighted by molar-refractivity contribution is -0.0564. The van der Waals surface area contributed by atoms with Crippen LogP contribution in [0.2, 0.25) is 0 Å². The minimum Gasteiger partial charge on any atom is -0.508 e. The predicted octanol–water partition coefficient (Wildman–Crippen LogP) is 5.23. The number of rotatable bonds is 3. The van der Waals surface area contributed by atoms with Gasteiger partial charge in [-0.25, -0.2) is 22.4 Å². The summed E-state index contributed by atoms with van der Waals surface area (Å²) in [4.78, 5) is 25.2. The van der Waals surface area contributed by atoms with E-state index in [0.717, 1.165) is 13.0 Å². The predicted molar refractivity (Wildman–Crippen MR) is 156 cm³/mol. The fourth-order valence-corrected chi connectivity index (χ4v) is 6.35. The molecule has 3 aliphatic heterocycles. The van der Waals surface area contributed by atoms with E-state index in [9.17, 15) is 27.5 Å². The van der Waals surface area contributed by atoms with E-state index in [0.29, 0.717) is 23.5 Å². The lowest BCUT2D eigenvalue weighted by Gasteiger charge is -2.25. The van der Waals surface area contributed by atoms with Gasteiger partial charge in [0, 0.05) is 35.6 Å². The number of nitrogens with zero attached hydrogens (tertiary/aromatic N) is 4. The number of aromatic hydroxyl groups is 1. The Morgan fingerprint density at radius 2 is 1.98 bits per heavy atom. The summed E-state index contributed by atoms with van der Waals surface area (Å²) in [6, 6.07) is 7.50. The van der Waals surface area contributed by atoms with E-state index in [1.165, 1.54) is 49.1 Å². The van der Waals surface area contributed by atoms with Crippen LogP contribution in [0.25, 0.3) is 33.0 Å². The first-order valence-electron chi connectivity index (χ1n) is 14.4. The quantitative estimate of drug-likeness (QED) is 0.310. The Morgan fingerprint density at radius 1 is 1.16 bits per heavy atom. The summed E-state index contributed by atoms with van der Waals surface area (Å²) >= 11 is 0. The monoisotopic (exact) mass is 616 g/mol. The molecule has 7 rings (SSSR count). The van der Waals surface area contributed by atoms with Crippen LogP contribution in [0.15, 0.2) is 39.5 Å². The maximum atomic E-state index is 14.8. The van der Waals surface area contributed by atoms with Crippen molar-refractivity contribution in [2.75, 3.05) is 51.4 Å². The van der Waals surface area contributed by atoms with E-state index in [2.05, 4.69) is 14.9 Å². The van der Waals surface area contributed by atoms with Crippen molar-refractivity contribution in [3.8, 4) is 23.1 Å². The molecule has 0 spiro atoms. The number of ether oxygens (including phenoxy) is 2. The van der Waals surface area contributed by atoms with Crippen molar-refractivity contribution in [1.82, 2.24) is 14.9 Å². The van der Waals surface area contributed by atoms with Gasteiger partial charge in [0.25, 0.3) is 5.92 Å². The van der Waals surface area contributed by atoms with Gasteiger partial charge in [-0.2, -0.15) is 9.97 Å². The molecule has 5 heterocycles. The highest BCUT2D eigenvalue weighted by Gasteiger charge is 2.37. The zero-order valence-electron chi connectivity index (χ0n) is 24.3. The fraction of sp³-hybridized carbons (Fsp3) is 0.452. The van der Waals surface area contributed by atoms with Crippen LogP contribution in [0.4, 0.5) is 23.4 Å². The number of aryl methyl sites for hydroxylation is 1. The van der Waals surface area contributed by atoms with Crippen molar-refractivity contribution in [2.45, 2.75) is 44.3 Å². The van der Waals surface area contributed by atoms with Gasteiger partial charge in [0.2, 0.25) is 0 Å². The molecule has 234 valence electrons. The molecule has 0 radical (unpaired) electrons. The van der Waals surface area contributed by atoms with E-state index in [-0.39, 0.29) is 58.3 Å². The molecule has 0 aliphatic carbocycles. The summed E-state index contributed by atoms with van der Waals surface area (Å²) in [6.07, 6.45) is 2.81. The van der Waals surface area contributed by atoms with Crippen molar-refractivity contribution < 1.29 is 36.6 Å². The molecule has 2 aromatic carbocycles. The molecule has 0 bridgehead atoms. The SMILES string of the molecule is COc1nc(N2CCOCC(F)(F)C2)c2c(=O)oc(-c3cc(O)cc4cccc(F)c34)c(C)c2n1.FC1CC2CCCN2C1. The number of benzene rings is 2. The Kier molecular flexibility index (Phi) is 8.10. The molecule has 3 fully saturated rings. The first-order valence-corrected chi connectivity index (χ1v) is 14.4. The van der Waals surface area contributed by atoms with Gasteiger partial charge in [0.1, 0.15) is 35.5 Å². The average molecular weight is 617 g/mol. The Morgan fingerprint density at radius 3 is 2.75 bits per heavy atom. The molecule has 2 aromatic heterocycles. The van der Waals surface area contributed by atoms with Gasteiger partial charge in [-0.3, -0.25) is 4.90 Å². The van der Waals surface area contributed by atoms with Crippen molar-refractivity contribution in [3.63, 3.8) is 0 Å². The molecule has 3 aliphatic rings. The average Bonchev–Trinajstić information content (AvgIpc) is 3.50. The molecule has 0 amide bonds. The van der Waals surface area contributed by atoms with E-state index in [4.69, 9.17) is 13.9 Å². The van der Waals surface area contributed by atoms with Gasteiger partial charge in [-0.15, -0.1) is 0 Å². The Balaban J connectivity index is 0.000000323. The second-order valence-electron chi connectivity index (χ2n) is 11.4. The van der Waals surface area contributed by atoms with E-state index < -0.39 is 36.7 Å². The van der Waals surface area contributed by atoms with E-state index in [1.54, 1.807) is 13.0 Å². The van der Waals surface area contributed by atoms with Crippen LogP contribution in [0.5, 0.6) is 11.8 Å². The number of hydrogen-bond acceptors (Lipinski definition) is 9. The third-order valence-corrected chi connectivity index (χ3v) is 8.30. The van der Waals surface area contributed by atoms with Crippen LogP contribution in [0.1, 0.15) is 24.8 Å². The highest BCUT2D eigenvalue weighted by Crippen LogP contribution is 2.38. The van der Waals surface area contributed by atoms with Gasteiger partial charge in [-0.05, 0) is 56.3 Å². The molecule has 4 aromatic rings. The lowest BCUT2D eigenvalue weighted by Crippen LogP contribution is -2.38. The third kappa shape index (κ3) is 5.77. The normalized spacial score (nSPS) is 21.6. The summed E-state index contributed by atoms with van der Waals surface area (Å²) in [5.41, 5.74) is -0.350. The largest absolute Gasteiger partial charge is 0.508 e. The summed E-state index contributed by atoms with van der Waals surface area (Å²) in [5, 5.41) is 10.7. The molecule has 9 nitrogen and oxygen atoms in total. The van der Waals surface area contributed by atoms with Crippen molar-refractivity contribution in [1.29, 1.82) is 0 Å². The number of phenolic OH excluding ortho intramolecular Hbond substituents is 1. The van der Waals surface area contributed by atoms with Crippen LogP contribution < -0.4 is 15.3 Å². The summed E-state index contributed by atoms with van der Waals surface area (Å²) < 4.78 is 71.8. The number of halogens is 4. The van der Waals surface area contributed by atoms with E-state index in [1.807, 2.05) is 0 Å². The van der Waals surface area contributed by atoms with Crippen LogP contribution >= 0.6 is 0 Å². The Bertz CT molecular complexity index is 1760. The number of anilines is 1. The summed E-state index contributed by atoms with van der Waals surface area (Å²) in [6.45, 7) is 2.01.